The maximum Gasteiger partial charge on any atom is 0.143 e. The summed E-state index contributed by atoms with van der Waals surface area (Å²) in [4.78, 5) is 8.27. The number of hydrogen-bond donors (Lipinski definition) is 0. The molecule has 3 aliphatic heterocycles. The van der Waals surface area contributed by atoms with Crippen LogP contribution in [0.2, 0.25) is 5.02 Å². The lowest BCUT2D eigenvalue weighted by atomic mass is 9.86. The SMILES string of the molecule is Clc1ccccc1COc1ccccc1/C=N/OC1CN2CCC1CC2. The Morgan fingerprint density at radius 3 is 2.62 bits per heavy atom. The highest BCUT2D eigenvalue weighted by molar-refractivity contribution is 6.31. The molecule has 2 aromatic carbocycles. The Bertz CT molecular complexity index is 772. The number of piperidine rings is 3. The van der Waals surface area contributed by atoms with Gasteiger partial charge in [0.05, 0.1) is 6.21 Å². The van der Waals surface area contributed by atoms with Crippen LogP contribution < -0.4 is 4.74 Å². The fourth-order valence-electron chi connectivity index (χ4n) is 3.69. The first-order valence-electron chi connectivity index (χ1n) is 9.16. The molecule has 3 saturated heterocycles. The van der Waals surface area contributed by atoms with Crippen LogP contribution in [0.3, 0.4) is 0 Å². The van der Waals surface area contributed by atoms with Crippen molar-refractivity contribution in [1.29, 1.82) is 0 Å². The largest absolute Gasteiger partial charge is 0.488 e. The van der Waals surface area contributed by atoms with Gasteiger partial charge in [-0.15, -0.1) is 0 Å². The van der Waals surface area contributed by atoms with Crippen molar-refractivity contribution in [1.82, 2.24) is 4.90 Å². The smallest absolute Gasteiger partial charge is 0.143 e. The first-order valence-corrected chi connectivity index (χ1v) is 9.54. The Hall–Kier alpha value is -2.04. The second-order valence-electron chi connectivity index (χ2n) is 6.93. The van der Waals surface area contributed by atoms with Crippen LogP contribution in [0.15, 0.2) is 53.7 Å². The van der Waals surface area contributed by atoms with E-state index >= 15 is 0 Å². The van der Waals surface area contributed by atoms with E-state index in [2.05, 4.69) is 10.1 Å². The predicted molar refractivity (Wildman–Crippen MR) is 104 cm³/mol. The van der Waals surface area contributed by atoms with Gasteiger partial charge in [0, 0.05) is 28.6 Å². The second kappa shape index (κ2) is 8.11. The zero-order valence-corrected chi connectivity index (χ0v) is 15.4. The molecule has 5 heteroatoms. The third kappa shape index (κ3) is 4.02. The molecular weight excluding hydrogens is 348 g/mol. The highest BCUT2D eigenvalue weighted by Crippen LogP contribution is 2.29. The van der Waals surface area contributed by atoms with Crippen molar-refractivity contribution < 1.29 is 9.57 Å². The van der Waals surface area contributed by atoms with Gasteiger partial charge in [-0.1, -0.05) is 47.1 Å². The van der Waals surface area contributed by atoms with Crippen LogP contribution in [-0.2, 0) is 11.4 Å². The van der Waals surface area contributed by atoms with Crippen molar-refractivity contribution in [2.75, 3.05) is 19.6 Å². The molecule has 4 nitrogen and oxygen atoms in total. The van der Waals surface area contributed by atoms with E-state index < -0.39 is 0 Å². The van der Waals surface area contributed by atoms with Gasteiger partial charge in [0.2, 0.25) is 0 Å². The molecule has 3 heterocycles. The fraction of sp³-hybridized carbons (Fsp3) is 0.381. The molecule has 5 rings (SSSR count). The molecule has 136 valence electrons. The lowest BCUT2D eigenvalue weighted by Gasteiger charge is -2.42. The molecule has 2 aromatic rings. The molecule has 0 amide bonds. The lowest BCUT2D eigenvalue weighted by molar-refractivity contribution is -0.0675. The maximum atomic E-state index is 6.20. The summed E-state index contributed by atoms with van der Waals surface area (Å²) in [5.74, 6) is 1.41. The number of nitrogens with zero attached hydrogens (tertiary/aromatic N) is 2. The summed E-state index contributed by atoms with van der Waals surface area (Å²) in [6.07, 6.45) is 4.40. The molecule has 0 spiro atoms. The van der Waals surface area contributed by atoms with Crippen LogP contribution >= 0.6 is 11.6 Å². The molecule has 3 aliphatic rings. The molecule has 1 unspecified atom stereocenters. The van der Waals surface area contributed by atoms with E-state index in [0.717, 1.165) is 23.4 Å². The number of halogens is 1. The average molecular weight is 371 g/mol. The molecule has 26 heavy (non-hydrogen) atoms. The molecule has 0 saturated carbocycles. The summed E-state index contributed by atoms with van der Waals surface area (Å²) in [6, 6.07) is 15.5. The summed E-state index contributed by atoms with van der Waals surface area (Å²) in [5.41, 5.74) is 1.87. The Morgan fingerprint density at radius 2 is 1.85 bits per heavy atom. The van der Waals surface area contributed by atoms with E-state index in [9.17, 15) is 0 Å². The van der Waals surface area contributed by atoms with E-state index in [1.54, 1.807) is 6.21 Å². The standard InChI is InChI=1S/C21H23ClN2O2/c22-19-7-3-1-6-18(19)15-25-20-8-4-2-5-17(20)13-23-26-21-14-24-11-9-16(21)10-12-24/h1-8,13,16,21H,9-12,14-15H2/b23-13+. The number of fused-ring (bicyclic) bond motifs is 3. The number of hydrogen-bond acceptors (Lipinski definition) is 4. The van der Waals surface area contributed by atoms with Crippen LogP contribution in [0.5, 0.6) is 5.75 Å². The van der Waals surface area contributed by atoms with E-state index in [-0.39, 0.29) is 6.10 Å². The number of rotatable bonds is 6. The van der Waals surface area contributed by atoms with Crippen LogP contribution in [0.25, 0.3) is 0 Å². The predicted octanol–water partition coefficient (Wildman–Crippen LogP) is 4.36. The van der Waals surface area contributed by atoms with Crippen LogP contribution in [0.1, 0.15) is 24.0 Å². The van der Waals surface area contributed by atoms with Gasteiger partial charge in [-0.2, -0.15) is 0 Å². The lowest BCUT2D eigenvalue weighted by Crippen LogP contribution is -2.50. The van der Waals surface area contributed by atoms with Gasteiger partial charge in [-0.25, -0.2) is 0 Å². The first kappa shape index (κ1) is 17.4. The molecule has 0 aliphatic carbocycles. The number of para-hydroxylation sites is 1. The molecule has 0 radical (unpaired) electrons. The van der Waals surface area contributed by atoms with Crippen molar-refractivity contribution in [3.63, 3.8) is 0 Å². The molecule has 0 aromatic heterocycles. The summed E-state index contributed by atoms with van der Waals surface area (Å²) in [5, 5.41) is 4.97. The van der Waals surface area contributed by atoms with E-state index in [4.69, 9.17) is 21.2 Å². The fourth-order valence-corrected chi connectivity index (χ4v) is 3.88. The molecule has 1 atom stereocenters. The van der Waals surface area contributed by atoms with Crippen LogP contribution in [0.4, 0.5) is 0 Å². The van der Waals surface area contributed by atoms with Crippen molar-refractivity contribution in [3.8, 4) is 5.75 Å². The van der Waals surface area contributed by atoms with Crippen molar-refractivity contribution >= 4 is 17.8 Å². The Kier molecular flexibility index (Phi) is 5.42. The maximum absolute atomic E-state index is 6.20. The average Bonchev–Trinajstić information content (AvgIpc) is 2.69. The second-order valence-corrected chi connectivity index (χ2v) is 7.34. The van der Waals surface area contributed by atoms with Gasteiger partial charge in [-0.05, 0) is 44.1 Å². The normalized spacial score (nSPS) is 24.7. The topological polar surface area (TPSA) is 34.1 Å². The summed E-state index contributed by atoms with van der Waals surface area (Å²) in [7, 11) is 0. The van der Waals surface area contributed by atoms with Crippen LogP contribution in [-0.4, -0.2) is 36.9 Å². The molecular formula is C21H23ClN2O2. The van der Waals surface area contributed by atoms with Gasteiger partial charge in [-0.3, -0.25) is 4.90 Å². The van der Waals surface area contributed by atoms with Gasteiger partial charge < -0.3 is 9.57 Å². The molecule has 0 N–H and O–H groups in total. The van der Waals surface area contributed by atoms with Crippen molar-refractivity contribution in [2.24, 2.45) is 11.1 Å². The minimum absolute atomic E-state index is 0.213. The van der Waals surface area contributed by atoms with Gasteiger partial charge in [0.15, 0.2) is 0 Å². The number of benzene rings is 2. The Morgan fingerprint density at radius 1 is 1.08 bits per heavy atom. The highest BCUT2D eigenvalue weighted by atomic mass is 35.5. The minimum Gasteiger partial charge on any atom is -0.488 e. The monoisotopic (exact) mass is 370 g/mol. The third-order valence-electron chi connectivity index (χ3n) is 5.24. The Labute approximate surface area is 159 Å². The third-order valence-corrected chi connectivity index (χ3v) is 5.61. The van der Waals surface area contributed by atoms with Crippen molar-refractivity contribution in [3.05, 3.63) is 64.7 Å². The van der Waals surface area contributed by atoms with Crippen LogP contribution in [0, 0.1) is 5.92 Å². The minimum atomic E-state index is 0.213. The Balaban J connectivity index is 1.38. The first-order chi connectivity index (χ1) is 12.8. The zero-order chi connectivity index (χ0) is 17.8. The van der Waals surface area contributed by atoms with Gasteiger partial charge >= 0.3 is 0 Å². The zero-order valence-electron chi connectivity index (χ0n) is 14.7. The summed E-state index contributed by atoms with van der Waals surface area (Å²) >= 11 is 6.20. The van der Waals surface area contributed by atoms with E-state index in [0.29, 0.717) is 17.5 Å². The molecule has 3 fully saturated rings. The molecule has 2 bridgehead atoms. The van der Waals surface area contributed by atoms with Crippen molar-refractivity contribution in [2.45, 2.75) is 25.6 Å². The summed E-state index contributed by atoms with van der Waals surface area (Å²) in [6.45, 7) is 3.82. The quantitative estimate of drug-likeness (QED) is 0.559. The van der Waals surface area contributed by atoms with E-state index in [1.807, 2.05) is 48.5 Å². The number of oxime groups is 1. The summed E-state index contributed by atoms with van der Waals surface area (Å²) < 4.78 is 5.96. The number of ether oxygens (including phenoxy) is 1. The highest BCUT2D eigenvalue weighted by Gasteiger charge is 2.35. The van der Waals surface area contributed by atoms with Gasteiger partial charge in [0.25, 0.3) is 0 Å². The van der Waals surface area contributed by atoms with Gasteiger partial charge in [0.1, 0.15) is 18.5 Å². The van der Waals surface area contributed by atoms with E-state index in [1.165, 1.54) is 25.9 Å².